The number of aromatic amines is 1. The summed E-state index contributed by atoms with van der Waals surface area (Å²) >= 11 is 7.75. The topological polar surface area (TPSA) is 59.2 Å². The molecule has 28 heavy (non-hydrogen) atoms. The van der Waals surface area contributed by atoms with Gasteiger partial charge in [-0.3, -0.25) is 0 Å². The molecule has 2 N–H and O–H groups in total. The molecule has 4 aromatic rings. The summed E-state index contributed by atoms with van der Waals surface area (Å²) in [4.78, 5) is 8.17. The number of hydrogen-bond acceptors (Lipinski definition) is 5. The normalized spacial score (nSPS) is 12.6. The lowest BCUT2D eigenvalue weighted by Gasteiger charge is -2.18. The summed E-state index contributed by atoms with van der Waals surface area (Å²) in [5.74, 6) is 1.53. The Hall–Kier alpha value is -2.41. The predicted molar refractivity (Wildman–Crippen MR) is 117 cm³/mol. The lowest BCUT2D eigenvalue weighted by molar-refractivity contribution is 0.171. The molecule has 0 aliphatic carbocycles. The van der Waals surface area contributed by atoms with E-state index >= 15 is 0 Å². The van der Waals surface area contributed by atoms with Gasteiger partial charge in [-0.2, -0.15) is 0 Å². The Balaban J connectivity index is 0.00000192. The first-order valence-electron chi connectivity index (χ1n) is 8.58. The van der Waals surface area contributed by atoms with Gasteiger partial charge < -0.3 is 19.8 Å². The van der Waals surface area contributed by atoms with Crippen molar-refractivity contribution < 1.29 is 9.47 Å². The number of fused-ring (bicyclic) bond motifs is 2. The number of anilines is 2. The van der Waals surface area contributed by atoms with Crippen molar-refractivity contribution in [3.8, 4) is 22.8 Å². The molecule has 0 unspecified atom stereocenters. The molecule has 1 aliphatic rings. The lowest BCUT2D eigenvalue weighted by atomic mass is 10.1. The lowest BCUT2D eigenvalue weighted by Crippen LogP contribution is -2.15. The van der Waals surface area contributed by atoms with Crippen LogP contribution in [0.3, 0.4) is 0 Å². The molecule has 5 rings (SSSR count). The van der Waals surface area contributed by atoms with Gasteiger partial charge in [0.05, 0.1) is 5.69 Å². The smallest absolute Gasteiger partial charge is 0.187 e. The summed E-state index contributed by atoms with van der Waals surface area (Å²) in [5, 5.41) is 8.02. The van der Waals surface area contributed by atoms with Gasteiger partial charge in [0.25, 0.3) is 0 Å². The second-order valence-electron chi connectivity index (χ2n) is 6.34. The maximum Gasteiger partial charge on any atom is 0.187 e. The van der Waals surface area contributed by atoms with Crippen molar-refractivity contribution in [3.05, 3.63) is 52.5 Å². The summed E-state index contributed by atoms with van der Waals surface area (Å²) < 4.78 is 11.2. The summed E-state index contributed by atoms with van der Waals surface area (Å²) in [7, 11) is 0. The van der Waals surface area contributed by atoms with Crippen molar-refractivity contribution in [2.75, 3.05) is 18.5 Å². The van der Waals surface area contributed by atoms with Crippen molar-refractivity contribution in [1.29, 1.82) is 0 Å². The average Bonchev–Trinajstić information content (AvgIpc) is 3.24. The van der Waals surface area contributed by atoms with Crippen molar-refractivity contribution in [2.45, 2.75) is 6.92 Å². The van der Waals surface area contributed by atoms with E-state index in [0.29, 0.717) is 18.2 Å². The third-order valence-corrected chi connectivity index (χ3v) is 5.49. The number of halogens is 2. The maximum atomic E-state index is 6.19. The van der Waals surface area contributed by atoms with Crippen molar-refractivity contribution in [1.82, 2.24) is 9.97 Å². The standard InChI is InChI=1S/C20H16ClN3O2S.ClH/c1-11-19(14-8-12(21)2-4-15(14)22-11)16-10-27-20(24-16)23-13-3-5-17-18(9-13)26-7-6-25-17;/h2-5,8-10,22H,6-7H2,1H3,(H,23,24);1H. The van der Waals surface area contributed by atoms with E-state index in [9.17, 15) is 0 Å². The largest absolute Gasteiger partial charge is 0.486 e. The van der Waals surface area contributed by atoms with Crippen LogP contribution in [0, 0.1) is 6.92 Å². The van der Waals surface area contributed by atoms with Gasteiger partial charge >= 0.3 is 0 Å². The molecular weight excluding hydrogens is 417 g/mol. The van der Waals surface area contributed by atoms with Crippen LogP contribution in [0.15, 0.2) is 41.8 Å². The Kier molecular flexibility index (Phi) is 5.10. The van der Waals surface area contributed by atoms with Crippen molar-refractivity contribution in [3.63, 3.8) is 0 Å². The molecular formula is C20H17Cl2N3O2S. The number of thiazole rings is 1. The molecule has 0 spiro atoms. The molecule has 144 valence electrons. The average molecular weight is 434 g/mol. The zero-order valence-corrected chi connectivity index (χ0v) is 17.3. The van der Waals surface area contributed by atoms with E-state index < -0.39 is 0 Å². The fraction of sp³-hybridized carbons (Fsp3) is 0.150. The number of rotatable bonds is 3. The zero-order valence-electron chi connectivity index (χ0n) is 14.9. The van der Waals surface area contributed by atoms with Gasteiger partial charge in [0.15, 0.2) is 16.6 Å². The highest BCUT2D eigenvalue weighted by Gasteiger charge is 2.15. The highest BCUT2D eigenvalue weighted by atomic mass is 35.5. The van der Waals surface area contributed by atoms with E-state index in [1.54, 1.807) is 11.3 Å². The van der Waals surface area contributed by atoms with E-state index in [0.717, 1.165) is 50.2 Å². The minimum absolute atomic E-state index is 0. The van der Waals surface area contributed by atoms with E-state index in [1.165, 1.54) is 0 Å². The first kappa shape index (κ1) is 18.9. The molecule has 2 aromatic carbocycles. The second-order valence-corrected chi connectivity index (χ2v) is 7.63. The highest BCUT2D eigenvalue weighted by Crippen LogP contribution is 2.37. The van der Waals surface area contributed by atoms with Crippen molar-refractivity contribution in [2.24, 2.45) is 0 Å². The molecule has 0 amide bonds. The van der Waals surface area contributed by atoms with Crippen LogP contribution in [0.4, 0.5) is 10.8 Å². The van der Waals surface area contributed by atoms with E-state index in [2.05, 4.69) is 22.6 Å². The summed E-state index contributed by atoms with van der Waals surface area (Å²) in [6.45, 7) is 3.21. The SMILES string of the molecule is Cc1[nH]c2ccc(Cl)cc2c1-c1csc(Nc2ccc3c(c2)OCCO3)n1.Cl. The molecule has 0 bridgehead atoms. The molecule has 0 fully saturated rings. The quantitative estimate of drug-likeness (QED) is 0.404. The summed E-state index contributed by atoms with van der Waals surface area (Å²) in [6, 6.07) is 11.7. The van der Waals surface area contributed by atoms with Crippen LogP contribution >= 0.6 is 35.3 Å². The Bertz CT molecular complexity index is 1160. The minimum Gasteiger partial charge on any atom is -0.486 e. The zero-order chi connectivity index (χ0) is 18.4. The van der Waals surface area contributed by atoms with Crippen LogP contribution in [-0.2, 0) is 0 Å². The van der Waals surface area contributed by atoms with Crippen LogP contribution < -0.4 is 14.8 Å². The van der Waals surface area contributed by atoms with E-state index in [1.807, 2.05) is 36.4 Å². The molecule has 0 saturated heterocycles. The van der Waals surface area contributed by atoms with Gasteiger partial charge in [-0.25, -0.2) is 4.98 Å². The third-order valence-electron chi connectivity index (χ3n) is 4.50. The Morgan fingerprint density at radius 3 is 2.79 bits per heavy atom. The molecule has 1 aliphatic heterocycles. The molecule has 3 heterocycles. The van der Waals surface area contributed by atoms with Crippen LogP contribution in [0.5, 0.6) is 11.5 Å². The Morgan fingerprint density at radius 2 is 1.93 bits per heavy atom. The third kappa shape index (κ3) is 3.39. The molecule has 0 saturated carbocycles. The van der Waals surface area contributed by atoms with E-state index in [-0.39, 0.29) is 12.4 Å². The number of nitrogens with zero attached hydrogens (tertiary/aromatic N) is 1. The molecule has 0 atom stereocenters. The van der Waals surface area contributed by atoms with Gasteiger partial charge in [-0.1, -0.05) is 11.6 Å². The van der Waals surface area contributed by atoms with Gasteiger partial charge in [-0.15, -0.1) is 23.7 Å². The number of benzene rings is 2. The number of hydrogen-bond donors (Lipinski definition) is 2. The minimum atomic E-state index is 0. The second kappa shape index (κ2) is 7.54. The molecule has 8 heteroatoms. The number of nitrogens with one attached hydrogen (secondary N) is 2. The van der Waals surface area contributed by atoms with Gasteiger partial charge in [0.2, 0.25) is 0 Å². The first-order valence-corrected chi connectivity index (χ1v) is 9.83. The summed E-state index contributed by atoms with van der Waals surface area (Å²) in [5.41, 5.74) is 5.05. The number of aromatic nitrogens is 2. The predicted octanol–water partition coefficient (Wildman–Crippen LogP) is 6.19. The molecule has 0 radical (unpaired) electrons. The van der Waals surface area contributed by atoms with Crippen LogP contribution in [-0.4, -0.2) is 23.2 Å². The van der Waals surface area contributed by atoms with Crippen LogP contribution in [0.1, 0.15) is 5.69 Å². The Labute approximate surface area is 177 Å². The first-order chi connectivity index (χ1) is 13.2. The number of ether oxygens (including phenoxy) is 2. The van der Waals surface area contributed by atoms with E-state index in [4.69, 9.17) is 26.1 Å². The molecule has 5 nitrogen and oxygen atoms in total. The molecule has 2 aromatic heterocycles. The van der Waals surface area contributed by atoms with Crippen LogP contribution in [0.2, 0.25) is 5.02 Å². The van der Waals surface area contributed by atoms with Gasteiger partial charge in [-0.05, 0) is 37.3 Å². The monoisotopic (exact) mass is 433 g/mol. The summed E-state index contributed by atoms with van der Waals surface area (Å²) in [6.07, 6.45) is 0. The highest BCUT2D eigenvalue weighted by molar-refractivity contribution is 7.14. The number of H-pyrrole nitrogens is 1. The fourth-order valence-corrected chi connectivity index (χ4v) is 4.21. The Morgan fingerprint density at radius 1 is 1.11 bits per heavy atom. The fourth-order valence-electron chi connectivity index (χ4n) is 3.32. The van der Waals surface area contributed by atoms with Gasteiger partial charge in [0.1, 0.15) is 13.2 Å². The van der Waals surface area contributed by atoms with Gasteiger partial charge in [0, 0.05) is 44.3 Å². The number of aryl methyl sites for hydroxylation is 1. The maximum absolute atomic E-state index is 6.19. The van der Waals surface area contributed by atoms with Crippen molar-refractivity contribution >= 4 is 57.1 Å². The van der Waals surface area contributed by atoms with Crippen LogP contribution in [0.25, 0.3) is 22.2 Å².